The first-order valence-corrected chi connectivity index (χ1v) is 8.36. The maximum absolute atomic E-state index is 13.2. The lowest BCUT2D eigenvalue weighted by Gasteiger charge is -2.21. The number of rotatable bonds is 3. The summed E-state index contributed by atoms with van der Waals surface area (Å²) in [6.45, 7) is 0.428. The highest BCUT2D eigenvalue weighted by Crippen LogP contribution is 2.17. The maximum atomic E-state index is 13.2. The molecule has 1 aromatic carbocycles. The molecular formula is C13H14FN3O3S. The molecule has 0 amide bonds. The Balaban J connectivity index is 1.73. The molecule has 2 heterocycles. The largest absolute Gasteiger partial charge is 0.339 e. The molecule has 0 aliphatic carbocycles. The normalized spacial score (nSPS) is 21.3. The van der Waals surface area contributed by atoms with Crippen LogP contribution in [0.15, 0.2) is 28.8 Å². The molecule has 1 aliphatic rings. The van der Waals surface area contributed by atoms with Crippen molar-refractivity contribution in [3.8, 4) is 11.4 Å². The van der Waals surface area contributed by atoms with Gasteiger partial charge in [0.1, 0.15) is 5.82 Å². The van der Waals surface area contributed by atoms with Gasteiger partial charge in [0, 0.05) is 24.6 Å². The SMILES string of the molecule is O=S1(=O)CCNC(Cc2nc(-c3cccc(F)c3)no2)C1. The van der Waals surface area contributed by atoms with Crippen LogP contribution >= 0.6 is 0 Å². The third kappa shape index (κ3) is 3.45. The topological polar surface area (TPSA) is 85.1 Å². The summed E-state index contributed by atoms with van der Waals surface area (Å²) in [5.74, 6) is 0.470. The fourth-order valence-electron chi connectivity index (χ4n) is 2.29. The van der Waals surface area contributed by atoms with Gasteiger partial charge in [-0.05, 0) is 12.1 Å². The van der Waals surface area contributed by atoms with Crippen LogP contribution in [0, 0.1) is 5.82 Å². The van der Waals surface area contributed by atoms with Crippen molar-refractivity contribution >= 4 is 9.84 Å². The van der Waals surface area contributed by atoms with Gasteiger partial charge in [-0.15, -0.1) is 0 Å². The van der Waals surface area contributed by atoms with E-state index in [4.69, 9.17) is 4.52 Å². The van der Waals surface area contributed by atoms with E-state index < -0.39 is 9.84 Å². The van der Waals surface area contributed by atoms with E-state index in [0.29, 0.717) is 30.2 Å². The second kappa shape index (κ2) is 5.53. The predicted molar refractivity (Wildman–Crippen MR) is 73.8 cm³/mol. The van der Waals surface area contributed by atoms with E-state index in [0.717, 1.165) is 0 Å². The third-order valence-electron chi connectivity index (χ3n) is 3.27. The maximum Gasteiger partial charge on any atom is 0.228 e. The minimum Gasteiger partial charge on any atom is -0.339 e. The number of benzene rings is 1. The lowest BCUT2D eigenvalue weighted by atomic mass is 10.2. The van der Waals surface area contributed by atoms with Crippen LogP contribution in [0.3, 0.4) is 0 Å². The number of aromatic nitrogens is 2. The Morgan fingerprint density at radius 1 is 1.43 bits per heavy atom. The Kier molecular flexibility index (Phi) is 3.73. The molecule has 1 aromatic heterocycles. The van der Waals surface area contributed by atoms with Crippen molar-refractivity contribution in [3.63, 3.8) is 0 Å². The van der Waals surface area contributed by atoms with Crippen LogP contribution in [0.1, 0.15) is 5.89 Å². The van der Waals surface area contributed by atoms with Crippen LogP contribution in [0.4, 0.5) is 4.39 Å². The first-order chi connectivity index (χ1) is 10.0. The lowest BCUT2D eigenvalue weighted by Crippen LogP contribution is -2.46. The lowest BCUT2D eigenvalue weighted by molar-refractivity contribution is 0.361. The van der Waals surface area contributed by atoms with Crippen molar-refractivity contribution in [1.29, 1.82) is 0 Å². The van der Waals surface area contributed by atoms with Gasteiger partial charge in [0.15, 0.2) is 9.84 Å². The molecule has 3 rings (SSSR count). The number of sulfone groups is 1. The Morgan fingerprint density at radius 3 is 3.05 bits per heavy atom. The fourth-order valence-corrected chi connectivity index (χ4v) is 3.74. The fraction of sp³-hybridized carbons (Fsp3) is 0.385. The van der Waals surface area contributed by atoms with E-state index in [1.165, 1.54) is 12.1 Å². The number of hydrogen-bond acceptors (Lipinski definition) is 6. The molecule has 0 radical (unpaired) electrons. The van der Waals surface area contributed by atoms with Gasteiger partial charge in [0.25, 0.3) is 0 Å². The molecule has 0 saturated carbocycles. The van der Waals surface area contributed by atoms with Crippen LogP contribution < -0.4 is 5.32 Å². The van der Waals surface area contributed by atoms with Gasteiger partial charge in [-0.25, -0.2) is 12.8 Å². The Labute approximate surface area is 121 Å². The van der Waals surface area contributed by atoms with E-state index in [1.807, 2.05) is 0 Å². The second-order valence-electron chi connectivity index (χ2n) is 4.99. The van der Waals surface area contributed by atoms with Gasteiger partial charge in [-0.2, -0.15) is 4.98 Å². The molecule has 1 saturated heterocycles. The van der Waals surface area contributed by atoms with Crippen LogP contribution in [0.25, 0.3) is 11.4 Å². The Morgan fingerprint density at radius 2 is 2.29 bits per heavy atom. The average molecular weight is 311 g/mol. The summed E-state index contributed by atoms with van der Waals surface area (Å²) in [6, 6.07) is 5.67. The first kappa shape index (κ1) is 14.2. The standard InChI is InChI=1S/C13H14FN3O3S/c14-10-3-1-2-9(6-10)13-16-12(20-17-13)7-11-8-21(18,19)5-4-15-11/h1-3,6,11,15H,4-5,7-8H2. The highest BCUT2D eigenvalue weighted by Gasteiger charge is 2.26. The van der Waals surface area contributed by atoms with Gasteiger partial charge >= 0.3 is 0 Å². The molecule has 0 spiro atoms. The van der Waals surface area contributed by atoms with Gasteiger partial charge in [-0.1, -0.05) is 17.3 Å². The van der Waals surface area contributed by atoms with Crippen molar-refractivity contribution < 1.29 is 17.3 Å². The number of nitrogens with zero attached hydrogens (tertiary/aromatic N) is 2. The number of halogens is 1. The summed E-state index contributed by atoms with van der Waals surface area (Å²) in [5, 5.41) is 6.91. The summed E-state index contributed by atoms with van der Waals surface area (Å²) >= 11 is 0. The highest BCUT2D eigenvalue weighted by atomic mass is 32.2. The van der Waals surface area contributed by atoms with Crippen molar-refractivity contribution in [2.45, 2.75) is 12.5 Å². The van der Waals surface area contributed by atoms with E-state index >= 15 is 0 Å². The van der Waals surface area contributed by atoms with Crippen LogP contribution in [0.2, 0.25) is 0 Å². The number of nitrogens with one attached hydrogen (secondary N) is 1. The molecule has 1 aliphatic heterocycles. The Hall–Kier alpha value is -1.80. The summed E-state index contributed by atoms with van der Waals surface area (Å²) in [6.07, 6.45) is 0.335. The van der Waals surface area contributed by atoms with E-state index in [9.17, 15) is 12.8 Å². The predicted octanol–water partition coefficient (Wildman–Crippen LogP) is 0.805. The van der Waals surface area contributed by atoms with E-state index in [1.54, 1.807) is 12.1 Å². The van der Waals surface area contributed by atoms with Crippen LogP contribution in [-0.2, 0) is 16.3 Å². The highest BCUT2D eigenvalue weighted by molar-refractivity contribution is 7.91. The van der Waals surface area contributed by atoms with Crippen molar-refractivity contribution in [2.24, 2.45) is 0 Å². The number of hydrogen-bond donors (Lipinski definition) is 1. The zero-order valence-corrected chi connectivity index (χ0v) is 11.9. The third-order valence-corrected chi connectivity index (χ3v) is 5.01. The monoisotopic (exact) mass is 311 g/mol. The zero-order chi connectivity index (χ0) is 14.9. The summed E-state index contributed by atoms with van der Waals surface area (Å²) in [5.41, 5.74) is 0.522. The quantitative estimate of drug-likeness (QED) is 0.902. The first-order valence-electron chi connectivity index (χ1n) is 6.54. The molecule has 0 bridgehead atoms. The summed E-state index contributed by atoms with van der Waals surface area (Å²) in [4.78, 5) is 4.18. The molecule has 2 aromatic rings. The molecule has 6 nitrogen and oxygen atoms in total. The minimum absolute atomic E-state index is 0.0602. The molecule has 1 unspecified atom stereocenters. The zero-order valence-electron chi connectivity index (χ0n) is 11.1. The second-order valence-corrected chi connectivity index (χ2v) is 7.22. The van der Waals surface area contributed by atoms with Gasteiger partial charge in [0.2, 0.25) is 11.7 Å². The molecule has 21 heavy (non-hydrogen) atoms. The van der Waals surface area contributed by atoms with Crippen LogP contribution in [-0.4, -0.2) is 42.7 Å². The molecule has 1 N–H and O–H groups in total. The van der Waals surface area contributed by atoms with Crippen molar-refractivity contribution in [3.05, 3.63) is 36.0 Å². The summed E-state index contributed by atoms with van der Waals surface area (Å²) in [7, 11) is -3.00. The van der Waals surface area contributed by atoms with E-state index in [2.05, 4.69) is 15.5 Å². The van der Waals surface area contributed by atoms with Gasteiger partial charge < -0.3 is 9.84 Å². The van der Waals surface area contributed by atoms with Gasteiger partial charge in [-0.3, -0.25) is 0 Å². The van der Waals surface area contributed by atoms with Crippen molar-refractivity contribution in [1.82, 2.24) is 15.5 Å². The molecule has 1 fully saturated rings. The smallest absolute Gasteiger partial charge is 0.228 e. The van der Waals surface area contributed by atoms with Gasteiger partial charge in [0.05, 0.1) is 11.5 Å². The molecule has 112 valence electrons. The minimum atomic E-state index is -3.00. The van der Waals surface area contributed by atoms with E-state index in [-0.39, 0.29) is 23.4 Å². The average Bonchev–Trinajstić information content (AvgIpc) is 2.86. The molecule has 8 heteroatoms. The van der Waals surface area contributed by atoms with Crippen LogP contribution in [0.5, 0.6) is 0 Å². The molecular weight excluding hydrogens is 297 g/mol. The molecule has 1 atom stereocenters. The Bertz CT molecular complexity index is 745. The van der Waals surface area contributed by atoms with Crippen molar-refractivity contribution in [2.75, 3.05) is 18.1 Å². The summed E-state index contributed by atoms with van der Waals surface area (Å²) < 4.78 is 41.4.